The van der Waals surface area contributed by atoms with Gasteiger partial charge < -0.3 is 20.1 Å². The van der Waals surface area contributed by atoms with Crippen LogP contribution in [0.2, 0.25) is 0 Å². The molecule has 0 spiro atoms. The van der Waals surface area contributed by atoms with Gasteiger partial charge in [0.2, 0.25) is 5.91 Å². The lowest BCUT2D eigenvalue weighted by Gasteiger charge is -2.48. The lowest BCUT2D eigenvalue weighted by molar-refractivity contribution is -0.131. The Morgan fingerprint density at radius 2 is 1.96 bits per heavy atom. The van der Waals surface area contributed by atoms with Crippen LogP contribution in [0.3, 0.4) is 0 Å². The summed E-state index contributed by atoms with van der Waals surface area (Å²) in [4.78, 5) is 16.6. The highest BCUT2D eigenvalue weighted by atomic mass is 19.1. The van der Waals surface area contributed by atoms with Crippen LogP contribution in [0, 0.1) is 5.92 Å². The third kappa shape index (κ3) is 3.17. The highest BCUT2D eigenvalue weighted by molar-refractivity contribution is 5.79. The number of carbonyl (C=O) groups excluding carboxylic acids is 1. The monoisotopic (exact) mass is 377 g/mol. The SMILES string of the molecule is COc1cc2c(cc1OC)[C@@H]1C[C@H](N)[C@H](N3C[C@@H](CF)CC3=O)CN1CC2. The Bertz CT molecular complexity index is 729. The van der Waals surface area contributed by atoms with Crippen molar-refractivity contribution in [3.05, 3.63) is 23.3 Å². The predicted molar refractivity (Wildman–Crippen MR) is 99.7 cm³/mol. The first-order valence-corrected chi connectivity index (χ1v) is 9.65. The molecule has 148 valence electrons. The second-order valence-electron chi connectivity index (χ2n) is 7.90. The fourth-order valence-corrected chi connectivity index (χ4v) is 4.93. The van der Waals surface area contributed by atoms with E-state index >= 15 is 0 Å². The van der Waals surface area contributed by atoms with Crippen molar-refractivity contribution in [1.29, 1.82) is 0 Å². The summed E-state index contributed by atoms with van der Waals surface area (Å²) in [5.41, 5.74) is 9.04. The number of rotatable bonds is 4. The number of piperidine rings is 1. The molecule has 0 saturated carbocycles. The molecule has 6 nitrogen and oxygen atoms in total. The van der Waals surface area contributed by atoms with Crippen LogP contribution in [-0.2, 0) is 11.2 Å². The van der Waals surface area contributed by atoms with E-state index in [1.807, 2.05) is 4.90 Å². The van der Waals surface area contributed by atoms with Gasteiger partial charge in [-0.05, 0) is 36.1 Å². The number of alkyl halides is 1. The van der Waals surface area contributed by atoms with Crippen LogP contribution in [0.1, 0.15) is 30.0 Å². The predicted octanol–water partition coefficient (Wildman–Crippen LogP) is 1.52. The van der Waals surface area contributed by atoms with E-state index in [1.165, 1.54) is 11.1 Å². The standard InChI is InChI=1S/C20H28FN3O3/c1-26-18-6-13-3-4-23-11-17(24-10-12(9-21)5-20(24)25)15(22)8-16(23)14(13)7-19(18)27-2/h6-7,12,15-17H,3-5,8-11,22H2,1-2H3/t12-,15+,16+,17-/m1/s1. The molecule has 3 aliphatic heterocycles. The summed E-state index contributed by atoms with van der Waals surface area (Å²) in [6.45, 7) is 1.72. The minimum Gasteiger partial charge on any atom is -0.493 e. The summed E-state index contributed by atoms with van der Waals surface area (Å²) in [5, 5.41) is 0. The van der Waals surface area contributed by atoms with Crippen LogP contribution in [-0.4, -0.2) is 68.3 Å². The van der Waals surface area contributed by atoms with E-state index in [0.29, 0.717) is 13.0 Å². The van der Waals surface area contributed by atoms with Crippen molar-refractivity contribution >= 4 is 5.91 Å². The maximum atomic E-state index is 13.0. The van der Waals surface area contributed by atoms with Gasteiger partial charge in [0.15, 0.2) is 11.5 Å². The number of fused-ring (bicyclic) bond motifs is 3. The van der Waals surface area contributed by atoms with Gasteiger partial charge in [-0.3, -0.25) is 14.1 Å². The topological polar surface area (TPSA) is 68.0 Å². The number of nitrogens with zero attached hydrogens (tertiary/aromatic N) is 2. The molecule has 1 amide bonds. The second kappa shape index (κ2) is 7.28. The largest absolute Gasteiger partial charge is 0.493 e. The molecule has 0 aliphatic carbocycles. The average molecular weight is 377 g/mol. The van der Waals surface area contributed by atoms with Gasteiger partial charge >= 0.3 is 0 Å². The molecule has 3 aliphatic rings. The normalized spacial score (nSPS) is 30.8. The molecule has 7 heteroatoms. The zero-order valence-electron chi connectivity index (χ0n) is 16.0. The lowest BCUT2D eigenvalue weighted by atomic mass is 9.83. The molecular weight excluding hydrogens is 349 g/mol. The van der Waals surface area contributed by atoms with Crippen molar-refractivity contribution in [2.75, 3.05) is 40.5 Å². The molecule has 2 N–H and O–H groups in total. The molecule has 1 aromatic rings. The Kier molecular flexibility index (Phi) is 4.99. The summed E-state index contributed by atoms with van der Waals surface area (Å²) in [5.74, 6) is 1.35. The first-order chi connectivity index (χ1) is 13.0. The van der Waals surface area contributed by atoms with Crippen LogP contribution in [0.4, 0.5) is 4.39 Å². The molecule has 27 heavy (non-hydrogen) atoms. The summed E-state index contributed by atoms with van der Waals surface area (Å²) >= 11 is 0. The van der Waals surface area contributed by atoms with Crippen molar-refractivity contribution in [3.63, 3.8) is 0 Å². The van der Waals surface area contributed by atoms with Crippen molar-refractivity contribution in [3.8, 4) is 11.5 Å². The maximum Gasteiger partial charge on any atom is 0.223 e. The summed E-state index contributed by atoms with van der Waals surface area (Å²) in [7, 11) is 3.30. The highest BCUT2D eigenvalue weighted by Gasteiger charge is 2.44. The quantitative estimate of drug-likeness (QED) is 0.862. The van der Waals surface area contributed by atoms with E-state index in [0.717, 1.165) is 37.4 Å². The summed E-state index contributed by atoms with van der Waals surface area (Å²) < 4.78 is 24.0. The number of hydrogen-bond donors (Lipinski definition) is 1. The first-order valence-electron chi connectivity index (χ1n) is 9.65. The molecule has 3 heterocycles. The number of likely N-dealkylation sites (tertiary alicyclic amines) is 1. The van der Waals surface area contributed by atoms with Crippen molar-refractivity contribution in [1.82, 2.24) is 9.80 Å². The Morgan fingerprint density at radius 3 is 2.63 bits per heavy atom. The van der Waals surface area contributed by atoms with E-state index in [-0.39, 0.29) is 30.0 Å². The van der Waals surface area contributed by atoms with Crippen molar-refractivity contribution < 1.29 is 18.7 Å². The van der Waals surface area contributed by atoms with E-state index in [9.17, 15) is 9.18 Å². The molecular formula is C20H28FN3O3. The van der Waals surface area contributed by atoms with Gasteiger partial charge in [0.25, 0.3) is 0 Å². The van der Waals surface area contributed by atoms with E-state index < -0.39 is 6.67 Å². The van der Waals surface area contributed by atoms with Crippen molar-refractivity contribution in [2.45, 2.75) is 37.4 Å². The van der Waals surface area contributed by atoms with Gasteiger partial charge in [-0.25, -0.2) is 0 Å². The van der Waals surface area contributed by atoms with Gasteiger partial charge in [-0.1, -0.05) is 0 Å². The Hall–Kier alpha value is -1.86. The van der Waals surface area contributed by atoms with Gasteiger partial charge in [-0.2, -0.15) is 0 Å². The number of methoxy groups -OCH3 is 2. The molecule has 4 rings (SSSR count). The van der Waals surface area contributed by atoms with Crippen LogP contribution >= 0.6 is 0 Å². The molecule has 1 aromatic carbocycles. The van der Waals surface area contributed by atoms with Gasteiger partial charge in [-0.15, -0.1) is 0 Å². The fraction of sp³-hybridized carbons (Fsp3) is 0.650. The zero-order chi connectivity index (χ0) is 19.1. The third-order valence-electron chi connectivity index (χ3n) is 6.38. The minimum absolute atomic E-state index is 0.0352. The average Bonchev–Trinajstić information content (AvgIpc) is 3.06. The molecule has 0 unspecified atom stereocenters. The van der Waals surface area contributed by atoms with Crippen LogP contribution in [0.25, 0.3) is 0 Å². The molecule has 0 aromatic heterocycles. The molecule has 0 bridgehead atoms. The fourth-order valence-electron chi connectivity index (χ4n) is 4.93. The number of carbonyl (C=O) groups is 1. The maximum absolute atomic E-state index is 13.0. The Balaban J connectivity index is 1.57. The molecule has 2 fully saturated rings. The summed E-state index contributed by atoms with van der Waals surface area (Å²) in [6.07, 6.45) is 2.01. The van der Waals surface area contributed by atoms with E-state index in [4.69, 9.17) is 15.2 Å². The number of halogens is 1. The van der Waals surface area contributed by atoms with Crippen LogP contribution < -0.4 is 15.2 Å². The minimum atomic E-state index is -0.439. The van der Waals surface area contributed by atoms with E-state index in [2.05, 4.69) is 17.0 Å². The molecule has 2 saturated heterocycles. The zero-order valence-corrected chi connectivity index (χ0v) is 16.0. The third-order valence-corrected chi connectivity index (χ3v) is 6.38. The first kappa shape index (κ1) is 18.5. The van der Waals surface area contributed by atoms with Crippen molar-refractivity contribution in [2.24, 2.45) is 11.7 Å². The second-order valence-corrected chi connectivity index (χ2v) is 7.90. The number of benzene rings is 1. The number of amides is 1. The number of nitrogens with two attached hydrogens (primary N) is 1. The molecule has 0 radical (unpaired) electrons. The Morgan fingerprint density at radius 1 is 1.22 bits per heavy atom. The number of hydrogen-bond acceptors (Lipinski definition) is 5. The van der Waals surface area contributed by atoms with Gasteiger partial charge in [0.1, 0.15) is 0 Å². The highest BCUT2D eigenvalue weighted by Crippen LogP contribution is 2.42. The lowest BCUT2D eigenvalue weighted by Crippen LogP contribution is -2.60. The van der Waals surface area contributed by atoms with E-state index in [1.54, 1.807) is 14.2 Å². The van der Waals surface area contributed by atoms with Gasteiger partial charge in [0, 0.05) is 44.1 Å². The van der Waals surface area contributed by atoms with Crippen LogP contribution in [0.15, 0.2) is 12.1 Å². The van der Waals surface area contributed by atoms with Crippen LogP contribution in [0.5, 0.6) is 11.5 Å². The molecule has 4 atom stereocenters. The Labute approximate surface area is 159 Å². The van der Waals surface area contributed by atoms with Gasteiger partial charge in [0.05, 0.1) is 26.9 Å². The smallest absolute Gasteiger partial charge is 0.223 e. The number of ether oxygens (including phenoxy) is 2. The summed E-state index contributed by atoms with van der Waals surface area (Å²) in [6, 6.07) is 4.20.